The highest BCUT2D eigenvalue weighted by Gasteiger charge is 2.52. The van der Waals surface area contributed by atoms with E-state index >= 15 is 0 Å². The number of benzene rings is 1. The molecule has 1 N–H and O–H groups in total. The van der Waals surface area contributed by atoms with Gasteiger partial charge in [0.05, 0.1) is 0 Å². The molecule has 1 aromatic rings. The maximum atomic E-state index is 12.9. The minimum Gasteiger partial charge on any atom is -0.364 e. The van der Waals surface area contributed by atoms with Gasteiger partial charge in [0, 0.05) is 30.5 Å². The average molecular weight is 323 g/mol. The van der Waals surface area contributed by atoms with Gasteiger partial charge in [0.15, 0.2) is 5.78 Å². The molecule has 1 aromatic carbocycles. The van der Waals surface area contributed by atoms with E-state index in [0.29, 0.717) is 5.56 Å². The summed E-state index contributed by atoms with van der Waals surface area (Å²) in [6.45, 7) is 2.50. The number of alkyl halides is 2. The number of fused-ring (bicyclic) bond motifs is 2. The van der Waals surface area contributed by atoms with Gasteiger partial charge in [-0.1, -0.05) is 24.6 Å². The minimum atomic E-state index is -2.49. The number of ketones is 1. The van der Waals surface area contributed by atoms with Crippen molar-refractivity contribution in [2.75, 3.05) is 19.7 Å². The number of carbonyl (C=O) groups excluding carboxylic acids is 1. The lowest BCUT2D eigenvalue weighted by molar-refractivity contribution is -0.183. The molecule has 2 atom stereocenters. The van der Waals surface area contributed by atoms with Crippen molar-refractivity contribution in [2.45, 2.75) is 38.2 Å². The molecule has 0 aromatic heterocycles. The highest BCUT2D eigenvalue weighted by molar-refractivity contribution is 5.94. The van der Waals surface area contributed by atoms with Crippen molar-refractivity contribution < 1.29 is 18.3 Å². The van der Waals surface area contributed by atoms with Crippen molar-refractivity contribution in [3.05, 3.63) is 35.4 Å². The van der Waals surface area contributed by atoms with E-state index in [-0.39, 0.29) is 17.6 Å². The van der Waals surface area contributed by atoms with Crippen molar-refractivity contribution in [3.63, 3.8) is 0 Å². The molecule has 1 aliphatic heterocycles. The van der Waals surface area contributed by atoms with Crippen LogP contribution in [0.3, 0.4) is 0 Å². The monoisotopic (exact) mass is 323 g/mol. The topological polar surface area (TPSA) is 38.3 Å². The van der Waals surface area contributed by atoms with Gasteiger partial charge in [0.1, 0.15) is 12.2 Å². The number of piperidine rings is 1. The second-order valence-corrected chi connectivity index (χ2v) is 6.62. The molecule has 1 aliphatic carbocycles. The van der Waals surface area contributed by atoms with Crippen molar-refractivity contribution in [1.82, 2.24) is 5.32 Å². The zero-order chi connectivity index (χ0) is 16.4. The van der Waals surface area contributed by atoms with E-state index in [1.165, 1.54) is 6.92 Å². The molecule has 0 spiro atoms. The van der Waals surface area contributed by atoms with Crippen molar-refractivity contribution >= 4 is 5.78 Å². The van der Waals surface area contributed by atoms with Gasteiger partial charge in [-0.15, -0.1) is 0 Å². The van der Waals surface area contributed by atoms with Crippen LogP contribution in [0.2, 0.25) is 0 Å². The number of hydrogen-bond acceptors (Lipinski definition) is 3. The van der Waals surface area contributed by atoms with Crippen LogP contribution in [-0.2, 0) is 10.3 Å². The number of hydrogen-bond donors (Lipinski definition) is 1. The SMILES string of the molecule is CC(=O)c1cccc(C2(OCC(F)F)C3CCCC2CNC3)c1. The molecular formula is C18H23F2NO2. The summed E-state index contributed by atoms with van der Waals surface area (Å²) in [4.78, 5) is 11.7. The van der Waals surface area contributed by atoms with Gasteiger partial charge in [-0.05, 0) is 31.4 Å². The molecule has 126 valence electrons. The number of carbonyl (C=O) groups is 1. The summed E-state index contributed by atoms with van der Waals surface area (Å²) in [6, 6.07) is 7.36. The lowest BCUT2D eigenvalue weighted by atomic mass is 9.62. The van der Waals surface area contributed by atoms with Crippen molar-refractivity contribution in [3.8, 4) is 0 Å². The molecular weight excluding hydrogens is 300 g/mol. The summed E-state index contributed by atoms with van der Waals surface area (Å²) in [7, 11) is 0. The van der Waals surface area contributed by atoms with E-state index in [2.05, 4.69) is 5.32 Å². The normalized spacial score (nSPS) is 30.4. The number of ether oxygens (including phenoxy) is 1. The second-order valence-electron chi connectivity index (χ2n) is 6.62. The van der Waals surface area contributed by atoms with E-state index in [1.54, 1.807) is 6.07 Å². The Kier molecular flexibility index (Phi) is 4.78. The molecule has 5 heteroatoms. The van der Waals surface area contributed by atoms with Crippen molar-refractivity contribution in [1.29, 1.82) is 0 Å². The van der Waals surface area contributed by atoms with E-state index in [4.69, 9.17) is 4.74 Å². The third-order valence-corrected chi connectivity index (χ3v) is 5.27. The predicted octanol–water partition coefficient (Wildman–Crippen LogP) is 3.39. The summed E-state index contributed by atoms with van der Waals surface area (Å²) in [5.74, 6) is 0.307. The first-order chi connectivity index (χ1) is 11.0. The Labute approximate surface area is 135 Å². The van der Waals surface area contributed by atoms with Gasteiger partial charge in [-0.2, -0.15) is 0 Å². The number of rotatable bonds is 5. The lowest BCUT2D eigenvalue weighted by Crippen LogP contribution is -2.58. The Morgan fingerprint density at radius 1 is 1.35 bits per heavy atom. The minimum absolute atomic E-state index is 0.0186. The van der Waals surface area contributed by atoms with Crippen LogP contribution in [0.1, 0.15) is 42.1 Å². The van der Waals surface area contributed by atoms with Crippen LogP contribution in [0.4, 0.5) is 8.78 Å². The van der Waals surface area contributed by atoms with Crippen LogP contribution in [0.15, 0.2) is 24.3 Å². The molecule has 1 saturated carbocycles. The van der Waals surface area contributed by atoms with E-state index < -0.39 is 18.6 Å². The van der Waals surface area contributed by atoms with Crippen LogP contribution in [0.5, 0.6) is 0 Å². The largest absolute Gasteiger partial charge is 0.364 e. The molecule has 2 fully saturated rings. The summed E-state index contributed by atoms with van der Waals surface area (Å²) >= 11 is 0. The molecule has 0 amide bonds. The zero-order valence-electron chi connectivity index (χ0n) is 13.4. The Morgan fingerprint density at radius 2 is 2.04 bits per heavy atom. The summed E-state index contributed by atoms with van der Waals surface area (Å²) in [5.41, 5.74) is 0.784. The highest BCUT2D eigenvalue weighted by Crippen LogP contribution is 2.50. The van der Waals surface area contributed by atoms with Crippen LogP contribution in [0.25, 0.3) is 0 Å². The fourth-order valence-electron chi connectivity index (χ4n) is 4.28. The zero-order valence-corrected chi connectivity index (χ0v) is 13.4. The maximum absolute atomic E-state index is 12.9. The van der Waals surface area contributed by atoms with Crippen LogP contribution < -0.4 is 5.32 Å². The molecule has 3 rings (SSSR count). The van der Waals surface area contributed by atoms with Crippen LogP contribution in [-0.4, -0.2) is 31.9 Å². The summed E-state index contributed by atoms with van der Waals surface area (Å²) < 4.78 is 31.6. The van der Waals surface area contributed by atoms with Crippen LogP contribution >= 0.6 is 0 Å². The number of Topliss-reactive ketones (excluding diaryl/α,β-unsaturated/α-hetero) is 1. The number of halogens is 2. The fraction of sp³-hybridized carbons (Fsp3) is 0.611. The standard InChI is InChI=1S/C18H23F2NO2/c1-12(22)13-4-2-5-14(8-13)18(23-11-17(19)20)15-6-3-7-16(18)10-21-9-15/h2,4-5,8,15-17,21H,3,6-7,9-11H2,1H3. The van der Waals surface area contributed by atoms with E-state index in [1.807, 2.05) is 18.2 Å². The Hall–Kier alpha value is -1.33. The average Bonchev–Trinajstić information content (AvgIpc) is 2.52. The molecule has 2 aliphatic rings. The predicted molar refractivity (Wildman–Crippen MR) is 83.8 cm³/mol. The first kappa shape index (κ1) is 16.5. The van der Waals surface area contributed by atoms with Gasteiger partial charge >= 0.3 is 0 Å². The molecule has 23 heavy (non-hydrogen) atoms. The third kappa shape index (κ3) is 3.04. The van der Waals surface area contributed by atoms with Gasteiger partial charge in [0.25, 0.3) is 6.43 Å². The first-order valence-corrected chi connectivity index (χ1v) is 8.28. The molecule has 0 radical (unpaired) electrons. The lowest BCUT2D eigenvalue weighted by Gasteiger charge is -2.53. The molecule has 2 bridgehead atoms. The van der Waals surface area contributed by atoms with Gasteiger partial charge in [-0.25, -0.2) is 8.78 Å². The Morgan fingerprint density at radius 3 is 2.65 bits per heavy atom. The summed E-state index contributed by atoms with van der Waals surface area (Å²) in [5, 5.41) is 3.40. The van der Waals surface area contributed by atoms with Gasteiger partial charge in [0.2, 0.25) is 0 Å². The van der Waals surface area contributed by atoms with E-state index in [0.717, 1.165) is 37.9 Å². The molecule has 3 nitrogen and oxygen atoms in total. The fourth-order valence-corrected chi connectivity index (χ4v) is 4.28. The Bertz CT molecular complexity index is 554. The van der Waals surface area contributed by atoms with Gasteiger partial charge in [-0.3, -0.25) is 4.79 Å². The van der Waals surface area contributed by atoms with Crippen LogP contribution in [0, 0.1) is 11.8 Å². The van der Waals surface area contributed by atoms with E-state index in [9.17, 15) is 13.6 Å². The molecule has 1 saturated heterocycles. The molecule has 1 heterocycles. The summed E-state index contributed by atoms with van der Waals surface area (Å²) in [6.07, 6.45) is 0.524. The maximum Gasteiger partial charge on any atom is 0.261 e. The highest BCUT2D eigenvalue weighted by atomic mass is 19.3. The third-order valence-electron chi connectivity index (χ3n) is 5.27. The Balaban J connectivity index is 2.04. The smallest absolute Gasteiger partial charge is 0.261 e. The van der Waals surface area contributed by atoms with Crippen molar-refractivity contribution in [2.24, 2.45) is 11.8 Å². The first-order valence-electron chi connectivity index (χ1n) is 8.28. The number of nitrogens with one attached hydrogen (secondary N) is 1. The van der Waals surface area contributed by atoms with Gasteiger partial charge < -0.3 is 10.1 Å². The quantitative estimate of drug-likeness (QED) is 0.844. The molecule has 2 unspecified atom stereocenters. The second kappa shape index (κ2) is 6.65.